The van der Waals surface area contributed by atoms with Crippen LogP contribution >= 0.6 is 0 Å². The summed E-state index contributed by atoms with van der Waals surface area (Å²) >= 11 is 0. The lowest BCUT2D eigenvalue weighted by Crippen LogP contribution is -1.91. The first kappa shape index (κ1) is 8.10. The Labute approximate surface area is 71.4 Å². The second-order valence-electron chi connectivity index (χ2n) is 2.57. The minimum absolute atomic E-state index is 0.0437. The molecule has 5 heteroatoms. The van der Waals surface area contributed by atoms with Gasteiger partial charge in [0.2, 0.25) is 0 Å². The average molecular weight is 186 g/mol. The van der Waals surface area contributed by atoms with Crippen LogP contribution in [-0.2, 0) is 0 Å². The highest BCUT2D eigenvalue weighted by Crippen LogP contribution is 2.25. The first-order chi connectivity index (χ1) is 6.20. The number of benzene rings is 1. The van der Waals surface area contributed by atoms with Gasteiger partial charge in [-0.3, -0.25) is 0 Å². The molecule has 1 N–H and O–H groups in total. The molecule has 68 valence electrons. The zero-order chi connectivity index (χ0) is 9.42. The van der Waals surface area contributed by atoms with Crippen molar-refractivity contribution in [2.24, 2.45) is 0 Å². The van der Waals surface area contributed by atoms with Crippen molar-refractivity contribution in [3.63, 3.8) is 0 Å². The molecule has 0 fully saturated rings. The zero-order valence-corrected chi connectivity index (χ0v) is 6.39. The minimum Gasteiger partial charge on any atom is -0.345 e. The van der Waals surface area contributed by atoms with Crippen molar-refractivity contribution in [3.05, 3.63) is 29.8 Å². The average Bonchev–Trinajstić information content (AvgIpc) is 2.52. The van der Waals surface area contributed by atoms with E-state index in [9.17, 15) is 13.2 Å². The van der Waals surface area contributed by atoms with Crippen LogP contribution < -0.4 is 0 Å². The van der Waals surface area contributed by atoms with Crippen LogP contribution in [0.1, 0.15) is 12.0 Å². The van der Waals surface area contributed by atoms with Crippen molar-refractivity contribution >= 4 is 11.0 Å². The fraction of sp³-hybridized carbons (Fsp3) is 0.125. The number of aromatic amines is 1. The SMILES string of the molecule is Fc1c(C(F)F)ccc2[nH]cnc12. The fourth-order valence-corrected chi connectivity index (χ4v) is 1.16. The van der Waals surface area contributed by atoms with E-state index in [0.29, 0.717) is 5.52 Å². The molecule has 0 aliphatic carbocycles. The van der Waals surface area contributed by atoms with E-state index in [-0.39, 0.29) is 5.52 Å². The summed E-state index contributed by atoms with van der Waals surface area (Å²) in [7, 11) is 0. The quantitative estimate of drug-likeness (QED) is 0.728. The highest BCUT2D eigenvalue weighted by atomic mass is 19.3. The summed E-state index contributed by atoms with van der Waals surface area (Å²) in [5.41, 5.74) is -0.237. The standard InChI is InChI=1S/C8H5F3N2/c9-6-4(8(10)11)1-2-5-7(6)13-3-12-5/h1-3,8H,(H,12,13). The topological polar surface area (TPSA) is 28.7 Å². The number of imidazole rings is 1. The van der Waals surface area contributed by atoms with E-state index in [1.807, 2.05) is 0 Å². The third-order valence-corrected chi connectivity index (χ3v) is 1.79. The largest absolute Gasteiger partial charge is 0.345 e. The van der Waals surface area contributed by atoms with Crippen molar-refractivity contribution < 1.29 is 13.2 Å². The maximum absolute atomic E-state index is 13.2. The highest BCUT2D eigenvalue weighted by molar-refractivity contribution is 5.76. The molecule has 0 aliphatic heterocycles. The second kappa shape index (κ2) is 2.76. The van der Waals surface area contributed by atoms with Crippen LogP contribution in [0.5, 0.6) is 0 Å². The van der Waals surface area contributed by atoms with E-state index in [2.05, 4.69) is 9.97 Å². The molecule has 0 aliphatic rings. The molecule has 2 aromatic rings. The molecule has 0 spiro atoms. The molecule has 1 aromatic carbocycles. The van der Waals surface area contributed by atoms with Gasteiger partial charge < -0.3 is 4.98 Å². The number of fused-ring (bicyclic) bond motifs is 1. The van der Waals surface area contributed by atoms with Gasteiger partial charge in [-0.15, -0.1) is 0 Å². The predicted octanol–water partition coefficient (Wildman–Crippen LogP) is 2.64. The smallest absolute Gasteiger partial charge is 0.266 e. The summed E-state index contributed by atoms with van der Waals surface area (Å²) in [6.45, 7) is 0. The monoisotopic (exact) mass is 186 g/mol. The van der Waals surface area contributed by atoms with Crippen LogP contribution in [-0.4, -0.2) is 9.97 Å². The minimum atomic E-state index is -2.80. The maximum Gasteiger partial charge on any atom is 0.266 e. The molecule has 0 radical (unpaired) electrons. The summed E-state index contributed by atoms with van der Waals surface area (Å²) in [5, 5.41) is 0. The van der Waals surface area contributed by atoms with Gasteiger partial charge in [-0.25, -0.2) is 18.2 Å². The molecule has 2 nitrogen and oxygen atoms in total. The van der Waals surface area contributed by atoms with Crippen LogP contribution in [0.25, 0.3) is 11.0 Å². The number of nitrogens with zero attached hydrogens (tertiary/aromatic N) is 1. The van der Waals surface area contributed by atoms with Gasteiger partial charge in [0.15, 0.2) is 5.82 Å². The fourth-order valence-electron chi connectivity index (χ4n) is 1.16. The molecule has 0 atom stereocenters. The molecule has 13 heavy (non-hydrogen) atoms. The van der Waals surface area contributed by atoms with Gasteiger partial charge in [0.25, 0.3) is 6.43 Å². The van der Waals surface area contributed by atoms with Gasteiger partial charge in [0.05, 0.1) is 17.4 Å². The Morgan fingerprint density at radius 3 is 2.77 bits per heavy atom. The Kier molecular flexibility index (Phi) is 1.72. The number of halogens is 3. The number of nitrogens with one attached hydrogen (secondary N) is 1. The van der Waals surface area contributed by atoms with Crippen LogP contribution in [0.4, 0.5) is 13.2 Å². The Bertz CT molecular complexity index is 436. The lowest BCUT2D eigenvalue weighted by atomic mass is 10.2. The van der Waals surface area contributed by atoms with E-state index < -0.39 is 17.8 Å². The second-order valence-corrected chi connectivity index (χ2v) is 2.57. The predicted molar refractivity (Wildman–Crippen MR) is 41.0 cm³/mol. The van der Waals surface area contributed by atoms with Crippen LogP contribution in [0, 0.1) is 5.82 Å². The third-order valence-electron chi connectivity index (χ3n) is 1.79. The Balaban J connectivity index is 2.73. The molecular formula is C8H5F3N2. The molecular weight excluding hydrogens is 181 g/mol. The van der Waals surface area contributed by atoms with E-state index >= 15 is 0 Å². The normalized spacial score (nSPS) is 11.4. The van der Waals surface area contributed by atoms with Crippen LogP contribution in [0.15, 0.2) is 18.5 Å². The van der Waals surface area contributed by atoms with Gasteiger partial charge in [-0.05, 0) is 12.1 Å². The Morgan fingerprint density at radius 2 is 2.08 bits per heavy atom. The number of H-pyrrole nitrogens is 1. The van der Waals surface area contributed by atoms with Gasteiger partial charge in [0.1, 0.15) is 5.52 Å². The van der Waals surface area contributed by atoms with Gasteiger partial charge in [0, 0.05) is 0 Å². The van der Waals surface area contributed by atoms with Crippen molar-refractivity contribution in [3.8, 4) is 0 Å². The van der Waals surface area contributed by atoms with E-state index in [4.69, 9.17) is 0 Å². The van der Waals surface area contributed by atoms with Gasteiger partial charge in [-0.1, -0.05) is 0 Å². The Morgan fingerprint density at radius 1 is 1.31 bits per heavy atom. The van der Waals surface area contributed by atoms with Crippen LogP contribution in [0.2, 0.25) is 0 Å². The highest BCUT2D eigenvalue weighted by Gasteiger charge is 2.16. The summed E-state index contributed by atoms with van der Waals surface area (Å²) in [6, 6.07) is 2.44. The van der Waals surface area contributed by atoms with Crippen molar-refractivity contribution in [2.75, 3.05) is 0 Å². The van der Waals surface area contributed by atoms with E-state index in [1.54, 1.807) is 0 Å². The van der Waals surface area contributed by atoms with E-state index in [1.165, 1.54) is 12.4 Å². The first-order valence-electron chi connectivity index (χ1n) is 3.60. The zero-order valence-electron chi connectivity index (χ0n) is 6.39. The summed E-state index contributed by atoms with van der Waals surface area (Å²) < 4.78 is 37.6. The molecule has 0 amide bonds. The third kappa shape index (κ3) is 1.16. The summed E-state index contributed by atoms with van der Waals surface area (Å²) in [4.78, 5) is 6.23. The molecule has 0 unspecified atom stereocenters. The summed E-state index contributed by atoms with van der Waals surface area (Å²) in [6.07, 6.45) is -1.54. The summed E-state index contributed by atoms with van der Waals surface area (Å²) in [5.74, 6) is -0.950. The number of aromatic nitrogens is 2. The van der Waals surface area contributed by atoms with Crippen molar-refractivity contribution in [1.29, 1.82) is 0 Å². The molecule has 1 aromatic heterocycles. The van der Waals surface area contributed by atoms with Crippen LogP contribution in [0.3, 0.4) is 0 Å². The number of hydrogen-bond acceptors (Lipinski definition) is 1. The lowest BCUT2D eigenvalue weighted by Gasteiger charge is -2.00. The molecule has 0 saturated carbocycles. The van der Waals surface area contributed by atoms with Gasteiger partial charge in [-0.2, -0.15) is 0 Å². The number of hydrogen-bond donors (Lipinski definition) is 1. The van der Waals surface area contributed by atoms with Gasteiger partial charge >= 0.3 is 0 Å². The molecule has 1 heterocycles. The molecule has 0 saturated heterocycles. The lowest BCUT2D eigenvalue weighted by molar-refractivity contribution is 0.146. The maximum atomic E-state index is 13.2. The molecule has 0 bridgehead atoms. The van der Waals surface area contributed by atoms with E-state index in [0.717, 1.165) is 6.07 Å². The number of alkyl halides is 2. The van der Waals surface area contributed by atoms with Crippen molar-refractivity contribution in [1.82, 2.24) is 9.97 Å². The van der Waals surface area contributed by atoms with Crippen molar-refractivity contribution in [2.45, 2.75) is 6.43 Å². The Hall–Kier alpha value is -1.52. The number of rotatable bonds is 1. The molecule has 2 rings (SSSR count). The first-order valence-corrected chi connectivity index (χ1v) is 3.60.